The fourth-order valence-electron chi connectivity index (χ4n) is 11.2. The van der Waals surface area contributed by atoms with Crippen molar-refractivity contribution in [3.63, 3.8) is 0 Å². The van der Waals surface area contributed by atoms with Crippen molar-refractivity contribution in [1.29, 1.82) is 0 Å². The number of aliphatic hydroxyl groups is 2. The van der Waals surface area contributed by atoms with Crippen LogP contribution in [-0.4, -0.2) is 252 Å². The molecule has 3 aromatic rings. The van der Waals surface area contributed by atoms with E-state index in [-0.39, 0.29) is 50.5 Å². The molecule has 0 spiro atoms. The van der Waals surface area contributed by atoms with Gasteiger partial charge in [-0.1, -0.05) is 110 Å². The zero-order valence-corrected chi connectivity index (χ0v) is 62.7. The maximum absolute atomic E-state index is 13.7. The van der Waals surface area contributed by atoms with Crippen molar-refractivity contribution in [2.45, 2.75) is 168 Å². The van der Waals surface area contributed by atoms with E-state index in [0.717, 1.165) is 10.9 Å². The number of likely N-dealkylation sites (tertiary alicyclic amines) is 1. The number of carbonyl (C=O) groups excluding carboxylic acids is 16. The number of carboxylic acids is 1. The lowest BCUT2D eigenvalue weighted by Crippen LogP contribution is -2.59. The molecule has 109 heavy (non-hydrogen) atoms. The van der Waals surface area contributed by atoms with Crippen molar-refractivity contribution < 1.29 is 96.8 Å². The SMILES string of the molecule is CC[C@H](C)[C@H](NC(=O)[C@@H]1CCCN1C(=O)[C@@H](NC(=O)[C@@H](N)CO)C(C)C)C(=O)NCC(=O)N[C@@H](C)C(=O)NCC(=O)NCC(=O)N[C@@H](CO)C(=O)N[C@@H](CC(C)C)C(=O)NCC(=O)N[C@@H](CC(C)C)C(=O)NCC(=O)NCC(=O)N[C@@H](Cc1ccccc1)C(=O)NCC(=O)N[C@@H](Cc1c[nH]c2ccccc12)C(=O)O. The molecule has 0 saturated carbocycles. The van der Waals surface area contributed by atoms with E-state index < -0.39 is 232 Å². The molecule has 1 aliphatic rings. The van der Waals surface area contributed by atoms with Crippen LogP contribution < -0.4 is 85.5 Å². The minimum Gasteiger partial charge on any atom is -0.480 e. The highest BCUT2D eigenvalue weighted by Crippen LogP contribution is 2.23. The van der Waals surface area contributed by atoms with Crippen LogP contribution in [0.25, 0.3) is 10.9 Å². The summed E-state index contributed by atoms with van der Waals surface area (Å²) in [7, 11) is 0. The molecule has 16 amide bonds. The first-order valence-electron chi connectivity index (χ1n) is 36.0. The van der Waals surface area contributed by atoms with Gasteiger partial charge in [-0.05, 0) is 73.5 Å². The minimum atomic E-state index is -1.67. The minimum absolute atomic E-state index is 0.00743. The third-order valence-corrected chi connectivity index (χ3v) is 17.4. The van der Waals surface area contributed by atoms with Gasteiger partial charge in [0.1, 0.15) is 60.4 Å². The number of amides is 16. The van der Waals surface area contributed by atoms with Crippen LogP contribution in [0.15, 0.2) is 60.8 Å². The van der Waals surface area contributed by atoms with Gasteiger partial charge in [-0.25, -0.2) is 4.79 Å². The number of benzene rings is 2. The first kappa shape index (κ1) is 90.2. The van der Waals surface area contributed by atoms with E-state index in [0.29, 0.717) is 24.0 Å². The quantitative estimate of drug-likeness (QED) is 0.0250. The van der Waals surface area contributed by atoms with E-state index in [1.807, 2.05) is 12.1 Å². The highest BCUT2D eigenvalue weighted by atomic mass is 16.4. The molecule has 21 N–H and O–H groups in total. The van der Waals surface area contributed by atoms with Crippen LogP contribution in [0.5, 0.6) is 0 Å². The Hall–Kier alpha value is -11.2. The number of aromatic amines is 1. The standard InChI is InChI=1S/C71H106N18O20/c1-10-40(8)61(88-68(105)52-21-16-22-89(52)70(107)60(39(6)7)87-63(100)45(72)35-90)69(106)80-32-55(94)81-41(9)62(99)76-28-53(92)75-31-57(96)85-51(36-91)67(104)86-48(24-38(4)5)65(102)78-33-58(97)82-47(23-37(2)3)64(101)77-29-54(93)74-30-56(95)83-49(25-42-17-12-11-13-18-42)66(103)79-34-59(98)84-50(71(108)109)26-43-27-73-46-20-15-14-19-44(43)46/h11-15,17-20,27,37-41,45,47-52,60-61,73,90-91H,10,16,21-26,28-36,72H2,1-9H3,(H,74,93)(H,75,92)(H,76,99)(H,77,101)(H,78,102)(H,79,103)(H,80,106)(H,81,94)(H,82,97)(H,83,95)(H,84,98)(H,85,96)(H,86,104)(H,87,100)(H,88,105)(H,108,109)/t40-,41-,45-,47-,48-,49-,50-,51-,52-,60-,61-/m0/s1. The van der Waals surface area contributed by atoms with Crippen molar-refractivity contribution in [1.82, 2.24) is 89.6 Å². The molecule has 1 aliphatic heterocycles. The summed E-state index contributed by atoms with van der Waals surface area (Å²) in [5.74, 6) is -15.7. The van der Waals surface area contributed by atoms with Crippen molar-refractivity contribution in [2.24, 2.45) is 29.4 Å². The Balaban J connectivity index is 1.19. The summed E-state index contributed by atoms with van der Waals surface area (Å²) in [5.41, 5.74) is 7.68. The molecule has 2 heterocycles. The van der Waals surface area contributed by atoms with E-state index in [2.05, 4.69) is 84.7 Å². The largest absolute Gasteiger partial charge is 0.480 e. The molecule has 0 aliphatic carbocycles. The molecule has 0 bridgehead atoms. The first-order valence-corrected chi connectivity index (χ1v) is 36.0. The Kier molecular flexibility index (Phi) is 37.7. The van der Waals surface area contributed by atoms with Crippen molar-refractivity contribution >= 4 is 111 Å². The van der Waals surface area contributed by atoms with Gasteiger partial charge in [-0.15, -0.1) is 0 Å². The average molecular weight is 1530 g/mol. The van der Waals surface area contributed by atoms with Gasteiger partial charge in [0, 0.05) is 36.5 Å². The fourth-order valence-corrected chi connectivity index (χ4v) is 11.2. The van der Waals surface area contributed by atoms with E-state index >= 15 is 0 Å². The maximum atomic E-state index is 13.7. The number of nitrogens with two attached hydrogens (primary N) is 1. The summed E-state index contributed by atoms with van der Waals surface area (Å²) < 4.78 is 0. The normalized spacial score (nSPS) is 15.3. The number of nitrogens with zero attached hydrogens (tertiary/aromatic N) is 1. The summed E-state index contributed by atoms with van der Waals surface area (Å²) in [6.45, 7) is 8.79. The first-order chi connectivity index (χ1) is 51.5. The fraction of sp³-hybridized carbons (Fsp3) is 0.563. The predicted octanol–water partition coefficient (Wildman–Crippen LogP) is -6.15. The van der Waals surface area contributed by atoms with Crippen molar-refractivity contribution in [2.75, 3.05) is 65.6 Å². The Morgan fingerprint density at radius 1 is 0.477 bits per heavy atom. The second-order valence-electron chi connectivity index (χ2n) is 27.6. The third-order valence-electron chi connectivity index (χ3n) is 17.4. The number of carboxylic acid groups (broad SMARTS) is 1. The number of rotatable bonds is 45. The predicted molar refractivity (Wildman–Crippen MR) is 392 cm³/mol. The average Bonchev–Trinajstić information content (AvgIpc) is 1.72. The topological polar surface area (TPSA) is 576 Å². The van der Waals surface area contributed by atoms with Crippen LogP contribution in [0.3, 0.4) is 0 Å². The number of aromatic nitrogens is 1. The zero-order valence-electron chi connectivity index (χ0n) is 62.7. The number of nitrogens with one attached hydrogen (secondary N) is 16. The lowest BCUT2D eigenvalue weighted by molar-refractivity contribution is -0.143. The number of hydrogen-bond donors (Lipinski definition) is 20. The van der Waals surface area contributed by atoms with Gasteiger partial charge in [0.05, 0.1) is 59.0 Å². The number of fused-ring (bicyclic) bond motifs is 1. The number of carbonyl (C=O) groups is 17. The van der Waals surface area contributed by atoms with Crippen molar-refractivity contribution in [3.8, 4) is 0 Å². The van der Waals surface area contributed by atoms with Gasteiger partial charge in [0.25, 0.3) is 0 Å². The number of H-pyrrole nitrogens is 1. The number of aliphatic carboxylic acids is 1. The van der Waals surface area contributed by atoms with Crippen LogP contribution in [0, 0.1) is 23.7 Å². The molecule has 4 rings (SSSR count). The Morgan fingerprint density at radius 3 is 1.47 bits per heavy atom. The maximum Gasteiger partial charge on any atom is 0.326 e. The van der Waals surface area contributed by atoms with Gasteiger partial charge >= 0.3 is 5.97 Å². The number of hydrogen-bond acceptors (Lipinski definition) is 20. The molecule has 600 valence electrons. The smallest absolute Gasteiger partial charge is 0.326 e. The molecule has 1 fully saturated rings. The molecule has 38 nitrogen and oxygen atoms in total. The summed E-state index contributed by atoms with van der Waals surface area (Å²) in [6.07, 6.45) is 2.70. The Labute approximate surface area is 630 Å². The van der Waals surface area contributed by atoms with Gasteiger partial charge in [-0.2, -0.15) is 0 Å². The van der Waals surface area contributed by atoms with Crippen LogP contribution in [0.4, 0.5) is 0 Å². The third kappa shape index (κ3) is 30.9. The van der Waals surface area contributed by atoms with E-state index in [1.165, 1.54) is 11.8 Å². The van der Waals surface area contributed by atoms with E-state index in [9.17, 15) is 96.8 Å². The second kappa shape index (κ2) is 45.5. The molecule has 11 atom stereocenters. The molecule has 2 aromatic carbocycles. The van der Waals surface area contributed by atoms with E-state index in [1.54, 1.807) is 104 Å². The summed E-state index contributed by atoms with van der Waals surface area (Å²) >= 11 is 0. The van der Waals surface area contributed by atoms with Crippen LogP contribution >= 0.6 is 0 Å². The lowest BCUT2D eigenvalue weighted by atomic mass is 9.97. The molecular formula is C71H106N18O20. The summed E-state index contributed by atoms with van der Waals surface area (Å²) in [4.78, 5) is 227. The van der Waals surface area contributed by atoms with Crippen LogP contribution in [-0.2, 0) is 94.3 Å². The molecule has 0 unspecified atom stereocenters. The summed E-state index contributed by atoms with van der Waals surface area (Å²) in [5, 5.41) is 66.2. The number of para-hydroxylation sites is 1. The second-order valence-corrected chi connectivity index (χ2v) is 27.6. The van der Waals surface area contributed by atoms with Crippen molar-refractivity contribution in [3.05, 3.63) is 71.9 Å². The van der Waals surface area contributed by atoms with Crippen LogP contribution in [0.1, 0.15) is 106 Å². The summed E-state index contributed by atoms with van der Waals surface area (Å²) in [6, 6.07) is 3.11. The highest BCUT2D eigenvalue weighted by molar-refractivity contribution is 5.99. The van der Waals surface area contributed by atoms with Crippen LogP contribution in [0.2, 0.25) is 0 Å². The van der Waals surface area contributed by atoms with Gasteiger partial charge in [0.2, 0.25) is 94.5 Å². The Bertz CT molecular complexity index is 3680. The Morgan fingerprint density at radius 2 is 0.945 bits per heavy atom. The zero-order chi connectivity index (χ0) is 81.2. The highest BCUT2D eigenvalue weighted by Gasteiger charge is 2.41. The molecule has 1 saturated heterocycles. The molecule has 0 radical (unpaired) electrons. The molecule has 1 aromatic heterocycles. The van der Waals surface area contributed by atoms with Gasteiger partial charge in [0.15, 0.2) is 0 Å². The monoisotopic (exact) mass is 1530 g/mol. The molecule has 38 heteroatoms. The van der Waals surface area contributed by atoms with E-state index in [4.69, 9.17) is 5.73 Å². The number of aliphatic hydroxyl groups excluding tert-OH is 2. The lowest BCUT2D eigenvalue weighted by Gasteiger charge is -2.32. The van der Waals surface area contributed by atoms with Gasteiger partial charge < -0.3 is 111 Å². The molecular weight excluding hydrogens is 1420 g/mol. The van der Waals surface area contributed by atoms with Gasteiger partial charge in [-0.3, -0.25) is 76.7 Å².